The van der Waals surface area contributed by atoms with Gasteiger partial charge in [0.15, 0.2) is 0 Å². The number of rotatable bonds is 13. The smallest absolute Gasteiger partial charge is 0.268 e. The first-order valence-corrected chi connectivity index (χ1v) is 15.9. The molecule has 9 heteroatoms. The molecular weight excluding hydrogens is 539 g/mol. The maximum absolute atomic E-state index is 14.5. The Morgan fingerprint density at radius 3 is 2.39 bits per heavy atom. The highest BCUT2D eigenvalue weighted by atomic mass is 32.2. The molecule has 1 fully saturated rings. The zero-order chi connectivity index (χ0) is 28.7. The summed E-state index contributed by atoms with van der Waals surface area (Å²) >= 11 is 0. The second kappa shape index (κ2) is 13.7. The molecule has 2 heterocycles. The van der Waals surface area contributed by atoms with Gasteiger partial charge in [0, 0.05) is 55.6 Å². The quantitative estimate of drug-likeness (QED) is 0.150. The monoisotopic (exact) mass is 578 g/mol. The van der Waals surface area contributed by atoms with Crippen LogP contribution < -0.4 is 0 Å². The number of hydrogen-bond donors (Lipinski definition) is 0. The van der Waals surface area contributed by atoms with E-state index in [4.69, 9.17) is 4.74 Å². The van der Waals surface area contributed by atoms with Crippen LogP contribution in [0.25, 0.3) is 10.9 Å². The van der Waals surface area contributed by atoms with E-state index in [1.165, 1.54) is 42.3 Å². The average Bonchev–Trinajstić information content (AvgIpc) is 3.38. The summed E-state index contributed by atoms with van der Waals surface area (Å²) < 4.78 is 49.1. The van der Waals surface area contributed by atoms with Crippen molar-refractivity contribution in [3.8, 4) is 0 Å². The Kier molecular flexibility index (Phi) is 9.82. The predicted molar refractivity (Wildman–Crippen MR) is 160 cm³/mol. The molecule has 0 unspecified atom stereocenters. The van der Waals surface area contributed by atoms with Crippen LogP contribution in [0.15, 0.2) is 84.0 Å². The van der Waals surface area contributed by atoms with Crippen molar-refractivity contribution < 1.29 is 17.5 Å². The molecule has 7 nitrogen and oxygen atoms in total. The molecule has 2 aromatic carbocycles. The zero-order valence-corrected chi connectivity index (χ0v) is 24.5. The standard InChI is InChI=1S/C32H39FN4O3S/c1-35(28-12-4-2-5-13-28)19-21-40-22-20-36(23-26-11-10-18-34-32(26)33)24-27-25-37(31-17-9-8-16-30(27)31)41(38,39)29-14-6-3-7-15-29/h3,6-11,14-18,25,28H,2,4-5,12-13,19-24H2,1H3. The average molecular weight is 579 g/mol. The molecule has 1 saturated carbocycles. The van der Waals surface area contributed by atoms with E-state index in [2.05, 4.69) is 21.8 Å². The number of fused-ring (bicyclic) bond motifs is 1. The van der Waals surface area contributed by atoms with E-state index < -0.39 is 16.0 Å². The number of aromatic nitrogens is 2. The van der Waals surface area contributed by atoms with E-state index in [1.807, 2.05) is 24.3 Å². The van der Waals surface area contributed by atoms with Gasteiger partial charge in [0.25, 0.3) is 10.0 Å². The summed E-state index contributed by atoms with van der Waals surface area (Å²) in [5.74, 6) is -0.499. The Morgan fingerprint density at radius 1 is 0.902 bits per heavy atom. The molecule has 0 amide bonds. The molecular formula is C32H39FN4O3S. The summed E-state index contributed by atoms with van der Waals surface area (Å²) in [6, 6.07) is 20.0. The Balaban J connectivity index is 1.32. The van der Waals surface area contributed by atoms with Gasteiger partial charge in [0.05, 0.1) is 23.6 Å². The molecule has 0 spiro atoms. The van der Waals surface area contributed by atoms with Crippen LogP contribution in [0.2, 0.25) is 0 Å². The maximum Gasteiger partial charge on any atom is 0.268 e. The van der Waals surface area contributed by atoms with Crippen LogP contribution in [0.5, 0.6) is 0 Å². The largest absolute Gasteiger partial charge is 0.379 e. The number of para-hydroxylation sites is 1. The lowest BCUT2D eigenvalue weighted by molar-refractivity contribution is 0.0704. The van der Waals surface area contributed by atoms with Gasteiger partial charge in [-0.1, -0.05) is 61.7 Å². The molecule has 2 aromatic heterocycles. The number of hydrogen-bond acceptors (Lipinski definition) is 6. The van der Waals surface area contributed by atoms with Crippen molar-refractivity contribution in [1.82, 2.24) is 18.8 Å². The zero-order valence-electron chi connectivity index (χ0n) is 23.7. The first kappa shape index (κ1) is 29.4. The Morgan fingerprint density at radius 2 is 1.61 bits per heavy atom. The highest BCUT2D eigenvalue weighted by molar-refractivity contribution is 7.90. The van der Waals surface area contributed by atoms with Gasteiger partial charge in [-0.15, -0.1) is 0 Å². The van der Waals surface area contributed by atoms with E-state index >= 15 is 0 Å². The minimum absolute atomic E-state index is 0.230. The van der Waals surface area contributed by atoms with Gasteiger partial charge in [-0.25, -0.2) is 17.4 Å². The third-order valence-electron chi connectivity index (χ3n) is 8.02. The Hall–Kier alpha value is -3.11. The summed E-state index contributed by atoms with van der Waals surface area (Å²) in [5, 5.41) is 0.846. The molecule has 0 radical (unpaired) electrons. The molecule has 0 atom stereocenters. The third-order valence-corrected chi connectivity index (χ3v) is 9.71. The molecule has 4 aromatic rings. The van der Waals surface area contributed by atoms with Crippen molar-refractivity contribution in [1.29, 1.82) is 0 Å². The van der Waals surface area contributed by atoms with Gasteiger partial charge in [-0.3, -0.25) is 4.90 Å². The lowest BCUT2D eigenvalue weighted by atomic mass is 9.94. The minimum Gasteiger partial charge on any atom is -0.379 e. The lowest BCUT2D eigenvalue weighted by Gasteiger charge is -2.31. The number of halogens is 1. The van der Waals surface area contributed by atoms with Crippen LogP contribution in [0.4, 0.5) is 4.39 Å². The summed E-state index contributed by atoms with van der Waals surface area (Å²) in [6.07, 6.45) is 9.60. The van der Waals surface area contributed by atoms with Crippen molar-refractivity contribution in [3.05, 3.63) is 96.2 Å². The fourth-order valence-corrected chi connectivity index (χ4v) is 7.10. The second-order valence-electron chi connectivity index (χ2n) is 10.8. The van der Waals surface area contributed by atoms with E-state index in [0.29, 0.717) is 50.0 Å². The number of nitrogens with zero attached hydrogens (tertiary/aromatic N) is 4. The van der Waals surface area contributed by atoms with Crippen LogP contribution >= 0.6 is 0 Å². The molecule has 0 saturated heterocycles. The highest BCUT2D eigenvalue weighted by Gasteiger charge is 2.22. The molecule has 0 bridgehead atoms. The topological polar surface area (TPSA) is 67.7 Å². The maximum atomic E-state index is 14.5. The van der Waals surface area contributed by atoms with E-state index in [9.17, 15) is 12.8 Å². The van der Waals surface area contributed by atoms with Crippen LogP contribution in [-0.4, -0.2) is 66.6 Å². The van der Waals surface area contributed by atoms with E-state index in [0.717, 1.165) is 17.5 Å². The molecule has 1 aliphatic rings. The van der Waals surface area contributed by atoms with Crippen LogP contribution in [0.1, 0.15) is 43.2 Å². The van der Waals surface area contributed by atoms with E-state index in [1.54, 1.807) is 48.7 Å². The highest BCUT2D eigenvalue weighted by Crippen LogP contribution is 2.27. The number of ether oxygens (including phenoxy) is 1. The fourth-order valence-electron chi connectivity index (χ4n) is 5.69. The van der Waals surface area contributed by atoms with Crippen molar-refractivity contribution in [3.63, 3.8) is 0 Å². The van der Waals surface area contributed by atoms with Gasteiger partial charge >= 0.3 is 0 Å². The number of benzene rings is 2. The molecule has 1 aliphatic carbocycles. The molecule has 41 heavy (non-hydrogen) atoms. The van der Waals surface area contributed by atoms with Gasteiger partial charge < -0.3 is 9.64 Å². The van der Waals surface area contributed by atoms with Gasteiger partial charge in [0.1, 0.15) is 0 Å². The predicted octanol–water partition coefficient (Wildman–Crippen LogP) is 5.70. The van der Waals surface area contributed by atoms with E-state index in [-0.39, 0.29) is 4.90 Å². The SMILES string of the molecule is CN(CCOCCN(Cc1cccnc1F)Cc1cn(S(=O)(=O)c2ccccc2)c2ccccc12)C1CCCCC1. The summed E-state index contributed by atoms with van der Waals surface area (Å²) in [4.78, 5) is 8.55. The first-order valence-electron chi connectivity index (χ1n) is 14.4. The molecule has 0 N–H and O–H groups in total. The van der Waals surface area contributed by atoms with Crippen molar-refractivity contribution >= 4 is 20.9 Å². The summed E-state index contributed by atoms with van der Waals surface area (Å²) in [6.45, 7) is 3.32. The number of likely N-dealkylation sites (N-methyl/N-ethyl adjacent to an activating group) is 1. The van der Waals surface area contributed by atoms with Gasteiger partial charge in [0.2, 0.25) is 5.95 Å². The van der Waals surface area contributed by atoms with Crippen molar-refractivity contribution in [2.45, 2.75) is 56.1 Å². The van der Waals surface area contributed by atoms with Crippen LogP contribution in [0, 0.1) is 5.95 Å². The van der Waals surface area contributed by atoms with Crippen molar-refractivity contribution in [2.24, 2.45) is 0 Å². The van der Waals surface area contributed by atoms with Gasteiger partial charge in [-0.05, 0) is 49.7 Å². The molecule has 218 valence electrons. The summed E-state index contributed by atoms with van der Waals surface area (Å²) in [7, 11) is -1.61. The van der Waals surface area contributed by atoms with Crippen LogP contribution in [-0.2, 0) is 27.8 Å². The van der Waals surface area contributed by atoms with Gasteiger partial charge in [-0.2, -0.15) is 4.39 Å². The first-order chi connectivity index (χ1) is 19.9. The van der Waals surface area contributed by atoms with Crippen molar-refractivity contribution in [2.75, 3.05) is 33.4 Å². The minimum atomic E-state index is -3.79. The molecule has 5 rings (SSSR count). The third kappa shape index (κ3) is 7.22. The summed E-state index contributed by atoms with van der Waals surface area (Å²) in [5.41, 5.74) is 1.95. The number of pyridine rings is 1. The molecule has 0 aliphatic heterocycles. The normalized spacial score (nSPS) is 14.8. The lowest BCUT2D eigenvalue weighted by Crippen LogP contribution is -2.36. The Bertz CT molecular complexity index is 1520. The fraction of sp³-hybridized carbons (Fsp3) is 0.406. The Labute approximate surface area is 242 Å². The van der Waals surface area contributed by atoms with Crippen LogP contribution in [0.3, 0.4) is 0 Å². The second-order valence-corrected chi connectivity index (χ2v) is 12.6.